The van der Waals surface area contributed by atoms with Gasteiger partial charge in [0.25, 0.3) is 0 Å². The first-order valence-electron chi connectivity index (χ1n) is 7.40. The van der Waals surface area contributed by atoms with Crippen LogP contribution in [0.1, 0.15) is 39.2 Å². The van der Waals surface area contributed by atoms with Crippen molar-refractivity contribution >= 4 is 15.9 Å². The molecule has 1 aliphatic rings. The Morgan fingerprint density at radius 2 is 2.20 bits per heavy atom. The molecule has 0 bridgehead atoms. The van der Waals surface area contributed by atoms with Gasteiger partial charge in [0.15, 0.2) is 0 Å². The van der Waals surface area contributed by atoms with Gasteiger partial charge in [-0.15, -0.1) is 0 Å². The number of rotatable bonds is 4. The van der Waals surface area contributed by atoms with Crippen LogP contribution in [0, 0.1) is 5.82 Å². The molecule has 2 atom stereocenters. The molecule has 1 saturated heterocycles. The van der Waals surface area contributed by atoms with E-state index in [1.54, 1.807) is 6.07 Å². The summed E-state index contributed by atoms with van der Waals surface area (Å²) in [7, 11) is 0. The van der Waals surface area contributed by atoms with Crippen molar-refractivity contribution in [2.45, 2.75) is 51.7 Å². The van der Waals surface area contributed by atoms with Gasteiger partial charge in [0, 0.05) is 31.2 Å². The van der Waals surface area contributed by atoms with Gasteiger partial charge in [-0.1, -0.05) is 19.9 Å². The maximum Gasteiger partial charge on any atom is 0.137 e. The van der Waals surface area contributed by atoms with Crippen LogP contribution in [0.25, 0.3) is 0 Å². The van der Waals surface area contributed by atoms with Crippen molar-refractivity contribution in [2.75, 3.05) is 13.1 Å². The second-order valence-electron chi connectivity index (χ2n) is 6.01. The summed E-state index contributed by atoms with van der Waals surface area (Å²) in [5.74, 6) is -0.195. The van der Waals surface area contributed by atoms with Crippen LogP contribution in [0.3, 0.4) is 0 Å². The third-order valence-corrected chi connectivity index (χ3v) is 5.06. The van der Waals surface area contributed by atoms with Crippen molar-refractivity contribution in [3.05, 3.63) is 34.1 Å². The summed E-state index contributed by atoms with van der Waals surface area (Å²) in [4.78, 5) is 2.53. The molecule has 0 amide bonds. The molecule has 0 saturated carbocycles. The largest absolute Gasteiger partial charge is 0.309 e. The van der Waals surface area contributed by atoms with Crippen molar-refractivity contribution in [1.82, 2.24) is 10.2 Å². The monoisotopic (exact) mass is 342 g/mol. The molecular weight excluding hydrogens is 319 g/mol. The number of benzene rings is 1. The highest BCUT2D eigenvalue weighted by Gasteiger charge is 2.33. The summed E-state index contributed by atoms with van der Waals surface area (Å²) in [6, 6.07) is 5.88. The molecule has 4 heteroatoms. The second-order valence-corrected chi connectivity index (χ2v) is 6.86. The van der Waals surface area contributed by atoms with Crippen molar-refractivity contribution in [3.8, 4) is 0 Å². The first-order chi connectivity index (χ1) is 9.47. The Bertz CT molecular complexity index is 466. The summed E-state index contributed by atoms with van der Waals surface area (Å²) >= 11 is 3.27. The van der Waals surface area contributed by atoms with Crippen molar-refractivity contribution in [2.24, 2.45) is 0 Å². The fraction of sp³-hybridized carbons (Fsp3) is 0.625. The summed E-state index contributed by atoms with van der Waals surface area (Å²) in [6.45, 7) is 9.70. The van der Waals surface area contributed by atoms with Crippen LogP contribution < -0.4 is 5.32 Å². The predicted octanol–water partition coefficient (Wildman–Crippen LogP) is 3.94. The van der Waals surface area contributed by atoms with Crippen LogP contribution in [0.4, 0.5) is 4.39 Å². The van der Waals surface area contributed by atoms with Crippen molar-refractivity contribution in [3.63, 3.8) is 0 Å². The lowest BCUT2D eigenvalue weighted by Gasteiger charge is -2.46. The number of hydrogen-bond donors (Lipinski definition) is 1. The Hall–Kier alpha value is -0.450. The third-order valence-electron chi connectivity index (χ3n) is 4.45. The van der Waals surface area contributed by atoms with Crippen LogP contribution in [-0.4, -0.2) is 29.6 Å². The zero-order valence-corrected chi connectivity index (χ0v) is 14.1. The van der Waals surface area contributed by atoms with Gasteiger partial charge >= 0.3 is 0 Å². The lowest BCUT2D eigenvalue weighted by atomic mass is 9.92. The third kappa shape index (κ3) is 3.60. The quantitative estimate of drug-likeness (QED) is 0.891. The molecule has 1 N–H and O–H groups in total. The summed E-state index contributed by atoms with van der Waals surface area (Å²) in [6.07, 6.45) is 2.25. The van der Waals surface area contributed by atoms with Crippen molar-refractivity contribution < 1.29 is 4.39 Å². The lowest BCUT2D eigenvalue weighted by molar-refractivity contribution is 0.0754. The second kappa shape index (κ2) is 6.54. The number of nitrogens with one attached hydrogen (secondary N) is 1. The molecular formula is C16H24BrFN2. The van der Waals surface area contributed by atoms with Crippen LogP contribution >= 0.6 is 15.9 Å². The van der Waals surface area contributed by atoms with Gasteiger partial charge in [-0.05, 0) is 53.4 Å². The number of piperazine rings is 1. The van der Waals surface area contributed by atoms with Gasteiger partial charge < -0.3 is 5.32 Å². The molecule has 1 fully saturated rings. The van der Waals surface area contributed by atoms with E-state index in [0.29, 0.717) is 10.5 Å². The molecule has 0 radical (unpaired) electrons. The number of halogens is 2. The van der Waals surface area contributed by atoms with Gasteiger partial charge in [0.2, 0.25) is 0 Å². The zero-order valence-electron chi connectivity index (χ0n) is 12.5. The van der Waals surface area contributed by atoms with Crippen molar-refractivity contribution in [1.29, 1.82) is 0 Å². The van der Waals surface area contributed by atoms with Crippen LogP contribution in [-0.2, 0) is 6.54 Å². The zero-order chi connectivity index (χ0) is 14.8. The Labute approximate surface area is 129 Å². The SMILES string of the molecule is CCC1CNC(C)(CC)CN1Cc1ccc(F)c(Br)c1. The smallest absolute Gasteiger partial charge is 0.137 e. The van der Waals surface area contributed by atoms with E-state index < -0.39 is 0 Å². The molecule has 2 unspecified atom stereocenters. The molecule has 20 heavy (non-hydrogen) atoms. The Morgan fingerprint density at radius 1 is 1.45 bits per heavy atom. The van der Waals surface area contributed by atoms with Crippen LogP contribution in [0.15, 0.2) is 22.7 Å². The molecule has 112 valence electrons. The molecule has 2 nitrogen and oxygen atoms in total. The van der Waals surface area contributed by atoms with E-state index in [1.807, 2.05) is 12.1 Å². The first-order valence-corrected chi connectivity index (χ1v) is 8.19. The van der Waals surface area contributed by atoms with Gasteiger partial charge in [0.1, 0.15) is 5.82 Å². The average Bonchev–Trinajstić information content (AvgIpc) is 2.43. The van der Waals surface area contributed by atoms with E-state index in [2.05, 4.69) is 46.9 Å². The molecule has 0 aliphatic carbocycles. The highest BCUT2D eigenvalue weighted by Crippen LogP contribution is 2.24. The van der Waals surface area contributed by atoms with E-state index in [-0.39, 0.29) is 11.4 Å². The molecule has 1 aliphatic heterocycles. The summed E-state index contributed by atoms with van der Waals surface area (Å²) in [5.41, 5.74) is 1.35. The van der Waals surface area contributed by atoms with E-state index in [1.165, 1.54) is 0 Å². The number of nitrogens with zero attached hydrogens (tertiary/aromatic N) is 1. The van der Waals surface area contributed by atoms with E-state index >= 15 is 0 Å². The first kappa shape index (κ1) is 15.9. The molecule has 2 rings (SSSR count). The fourth-order valence-electron chi connectivity index (χ4n) is 2.82. The maximum atomic E-state index is 13.3. The topological polar surface area (TPSA) is 15.3 Å². The lowest BCUT2D eigenvalue weighted by Crippen LogP contribution is -2.62. The summed E-state index contributed by atoms with van der Waals surface area (Å²) in [5, 5.41) is 3.67. The molecule has 1 heterocycles. The van der Waals surface area contributed by atoms with Gasteiger partial charge in [-0.3, -0.25) is 4.90 Å². The Morgan fingerprint density at radius 3 is 2.80 bits per heavy atom. The molecule has 1 aromatic rings. The maximum absolute atomic E-state index is 13.3. The van der Waals surface area contributed by atoms with Crippen LogP contribution in [0.5, 0.6) is 0 Å². The predicted molar refractivity (Wildman–Crippen MR) is 85.3 cm³/mol. The Kier molecular flexibility index (Phi) is 5.21. The van der Waals surface area contributed by atoms with Crippen LogP contribution in [0.2, 0.25) is 0 Å². The average molecular weight is 343 g/mol. The molecule has 1 aromatic carbocycles. The van der Waals surface area contributed by atoms with Gasteiger partial charge in [-0.25, -0.2) is 4.39 Å². The standard InChI is InChI=1S/C16H24BrFN2/c1-4-13-9-19-16(3,5-2)11-20(13)10-12-6-7-15(18)14(17)8-12/h6-8,13,19H,4-5,9-11H2,1-3H3. The van der Waals surface area contributed by atoms with E-state index in [4.69, 9.17) is 0 Å². The minimum absolute atomic E-state index is 0.183. The van der Waals surface area contributed by atoms with Gasteiger partial charge in [-0.2, -0.15) is 0 Å². The highest BCUT2D eigenvalue weighted by atomic mass is 79.9. The Balaban J connectivity index is 2.13. The summed E-state index contributed by atoms with van der Waals surface area (Å²) < 4.78 is 13.9. The highest BCUT2D eigenvalue weighted by molar-refractivity contribution is 9.10. The minimum Gasteiger partial charge on any atom is -0.309 e. The molecule has 0 aromatic heterocycles. The molecule has 0 spiro atoms. The number of hydrogen-bond acceptors (Lipinski definition) is 2. The van der Waals surface area contributed by atoms with Gasteiger partial charge in [0.05, 0.1) is 4.47 Å². The van der Waals surface area contributed by atoms with E-state index in [9.17, 15) is 4.39 Å². The van der Waals surface area contributed by atoms with E-state index in [0.717, 1.165) is 38.0 Å². The fourth-order valence-corrected chi connectivity index (χ4v) is 3.25. The minimum atomic E-state index is -0.195. The normalized spacial score (nSPS) is 27.8.